The Hall–Kier alpha value is -2.24. The summed E-state index contributed by atoms with van der Waals surface area (Å²) >= 11 is 0. The Balaban J connectivity index is 1.78. The van der Waals surface area contributed by atoms with Crippen molar-refractivity contribution in [3.8, 4) is 0 Å². The van der Waals surface area contributed by atoms with Gasteiger partial charge in [-0.2, -0.15) is 0 Å². The highest BCUT2D eigenvalue weighted by atomic mass is 19.1. The van der Waals surface area contributed by atoms with Crippen molar-refractivity contribution >= 4 is 16.8 Å². The van der Waals surface area contributed by atoms with Crippen LogP contribution >= 0.6 is 0 Å². The first kappa shape index (κ1) is 16.6. The number of likely N-dealkylation sites (N-methyl/N-ethyl adjacent to an activating group) is 1. The summed E-state index contributed by atoms with van der Waals surface area (Å²) in [6.45, 7) is 2.17. The molecule has 1 aliphatic carbocycles. The Morgan fingerprint density at radius 2 is 2.04 bits per heavy atom. The van der Waals surface area contributed by atoms with Crippen LogP contribution in [0.1, 0.15) is 32.6 Å². The molecule has 1 heterocycles. The second-order valence-corrected chi connectivity index (χ2v) is 6.76. The summed E-state index contributed by atoms with van der Waals surface area (Å²) < 4.78 is 14.6. The van der Waals surface area contributed by atoms with E-state index in [0.29, 0.717) is 11.4 Å². The number of amides is 1. The van der Waals surface area contributed by atoms with Gasteiger partial charge in [-0.1, -0.05) is 6.92 Å². The van der Waals surface area contributed by atoms with Gasteiger partial charge in [0, 0.05) is 13.1 Å². The minimum Gasteiger partial charge on any atom is -0.341 e. The lowest BCUT2D eigenvalue weighted by Gasteiger charge is -2.33. The Morgan fingerprint density at radius 3 is 2.75 bits per heavy atom. The number of rotatable bonds is 3. The zero-order valence-electron chi connectivity index (χ0n) is 14.0. The highest BCUT2D eigenvalue weighted by molar-refractivity contribution is 5.79. The summed E-state index contributed by atoms with van der Waals surface area (Å²) in [4.78, 5) is 30.8. The van der Waals surface area contributed by atoms with E-state index in [2.05, 4.69) is 11.9 Å². The molecule has 0 spiro atoms. The van der Waals surface area contributed by atoms with E-state index >= 15 is 0 Å². The molecule has 0 unspecified atom stereocenters. The predicted octanol–water partition coefficient (Wildman–Crippen LogP) is 2.57. The van der Waals surface area contributed by atoms with Crippen LogP contribution in [-0.4, -0.2) is 33.4 Å². The summed E-state index contributed by atoms with van der Waals surface area (Å²) in [7, 11) is 1.79. The molecular formula is C18H22FN3O2. The number of hydrogen-bond acceptors (Lipinski definition) is 3. The number of carbonyl (C=O) groups is 1. The molecule has 128 valence electrons. The van der Waals surface area contributed by atoms with Crippen molar-refractivity contribution in [1.29, 1.82) is 0 Å². The second-order valence-electron chi connectivity index (χ2n) is 6.76. The maximum absolute atomic E-state index is 13.4. The summed E-state index contributed by atoms with van der Waals surface area (Å²) in [5, 5.41) is 0.194. The van der Waals surface area contributed by atoms with E-state index < -0.39 is 11.4 Å². The number of aromatic nitrogens is 2. The fourth-order valence-corrected chi connectivity index (χ4v) is 3.33. The Morgan fingerprint density at radius 1 is 1.33 bits per heavy atom. The Bertz CT molecular complexity index is 810. The molecule has 1 aromatic carbocycles. The van der Waals surface area contributed by atoms with Crippen molar-refractivity contribution in [1.82, 2.24) is 14.5 Å². The molecule has 1 amide bonds. The lowest BCUT2D eigenvalue weighted by molar-refractivity contribution is -0.133. The third-order valence-electron chi connectivity index (χ3n) is 5.02. The fourth-order valence-electron chi connectivity index (χ4n) is 3.33. The Kier molecular flexibility index (Phi) is 4.64. The molecular weight excluding hydrogens is 309 g/mol. The quantitative estimate of drug-likeness (QED) is 0.868. The molecule has 1 aromatic heterocycles. The topological polar surface area (TPSA) is 55.2 Å². The highest BCUT2D eigenvalue weighted by Crippen LogP contribution is 2.26. The maximum Gasteiger partial charge on any atom is 0.261 e. The van der Waals surface area contributed by atoms with Crippen molar-refractivity contribution in [3.05, 3.63) is 40.7 Å². The SMILES string of the molecule is CC1CCC(N(C)C(=O)Cn2cnc3ccc(F)cc3c2=O)CC1. The van der Waals surface area contributed by atoms with Gasteiger partial charge >= 0.3 is 0 Å². The van der Waals surface area contributed by atoms with Crippen LogP contribution in [0.3, 0.4) is 0 Å². The molecule has 0 bridgehead atoms. The van der Waals surface area contributed by atoms with Crippen molar-refractivity contribution in [3.63, 3.8) is 0 Å². The normalized spacial score (nSPS) is 21.0. The molecule has 1 aliphatic rings. The van der Waals surface area contributed by atoms with Crippen LogP contribution in [0.15, 0.2) is 29.3 Å². The van der Waals surface area contributed by atoms with E-state index in [-0.39, 0.29) is 23.9 Å². The maximum atomic E-state index is 13.4. The van der Waals surface area contributed by atoms with Crippen molar-refractivity contribution in [2.24, 2.45) is 5.92 Å². The minimum absolute atomic E-state index is 0.0686. The van der Waals surface area contributed by atoms with Gasteiger partial charge in [0.05, 0.1) is 17.2 Å². The molecule has 1 fully saturated rings. The molecule has 5 nitrogen and oxygen atoms in total. The van der Waals surface area contributed by atoms with Gasteiger partial charge in [0.15, 0.2) is 0 Å². The zero-order valence-corrected chi connectivity index (χ0v) is 14.0. The molecule has 3 rings (SSSR count). The summed E-state index contributed by atoms with van der Waals surface area (Å²) in [5.41, 5.74) is 0.0400. The van der Waals surface area contributed by atoms with Crippen LogP contribution in [0.5, 0.6) is 0 Å². The molecule has 0 N–H and O–H groups in total. The molecule has 0 aliphatic heterocycles. The smallest absolute Gasteiger partial charge is 0.261 e. The van der Waals surface area contributed by atoms with Crippen molar-refractivity contribution < 1.29 is 9.18 Å². The van der Waals surface area contributed by atoms with Gasteiger partial charge in [-0.3, -0.25) is 14.2 Å². The predicted molar refractivity (Wildman–Crippen MR) is 90.2 cm³/mol. The first-order chi connectivity index (χ1) is 11.5. The van der Waals surface area contributed by atoms with Gasteiger partial charge in [0.2, 0.25) is 5.91 Å². The van der Waals surface area contributed by atoms with E-state index in [1.165, 1.54) is 23.0 Å². The average Bonchev–Trinajstić information content (AvgIpc) is 2.58. The van der Waals surface area contributed by atoms with Gasteiger partial charge in [-0.25, -0.2) is 9.37 Å². The average molecular weight is 331 g/mol. The fraction of sp³-hybridized carbons (Fsp3) is 0.500. The molecule has 24 heavy (non-hydrogen) atoms. The van der Waals surface area contributed by atoms with Crippen molar-refractivity contribution in [2.45, 2.75) is 45.2 Å². The van der Waals surface area contributed by atoms with Gasteiger partial charge in [-0.15, -0.1) is 0 Å². The lowest BCUT2D eigenvalue weighted by atomic mass is 9.87. The molecule has 1 saturated carbocycles. The van der Waals surface area contributed by atoms with Gasteiger partial charge in [0.25, 0.3) is 5.56 Å². The number of benzene rings is 1. The summed E-state index contributed by atoms with van der Waals surface area (Å²) in [6.07, 6.45) is 5.61. The molecule has 2 aromatic rings. The molecule has 0 atom stereocenters. The van der Waals surface area contributed by atoms with Crippen LogP contribution in [0, 0.1) is 11.7 Å². The zero-order chi connectivity index (χ0) is 17.3. The molecule has 0 saturated heterocycles. The van der Waals surface area contributed by atoms with E-state index in [0.717, 1.165) is 31.7 Å². The van der Waals surface area contributed by atoms with Crippen LogP contribution in [0.25, 0.3) is 10.9 Å². The van der Waals surface area contributed by atoms with Gasteiger partial charge in [0.1, 0.15) is 12.4 Å². The van der Waals surface area contributed by atoms with Crippen LogP contribution in [0.4, 0.5) is 4.39 Å². The largest absolute Gasteiger partial charge is 0.341 e. The highest BCUT2D eigenvalue weighted by Gasteiger charge is 2.25. The van der Waals surface area contributed by atoms with E-state index in [1.807, 2.05) is 0 Å². The number of fused-ring (bicyclic) bond motifs is 1. The van der Waals surface area contributed by atoms with E-state index in [1.54, 1.807) is 11.9 Å². The number of hydrogen-bond donors (Lipinski definition) is 0. The monoisotopic (exact) mass is 331 g/mol. The van der Waals surface area contributed by atoms with Crippen LogP contribution < -0.4 is 5.56 Å². The number of nitrogens with zero attached hydrogens (tertiary/aromatic N) is 3. The summed E-state index contributed by atoms with van der Waals surface area (Å²) in [5.74, 6) is 0.111. The Labute approximate surface area is 140 Å². The van der Waals surface area contributed by atoms with Gasteiger partial charge < -0.3 is 4.90 Å². The molecule has 6 heteroatoms. The van der Waals surface area contributed by atoms with Crippen LogP contribution in [-0.2, 0) is 11.3 Å². The van der Waals surface area contributed by atoms with Gasteiger partial charge in [-0.05, 0) is 49.8 Å². The van der Waals surface area contributed by atoms with E-state index in [4.69, 9.17) is 0 Å². The van der Waals surface area contributed by atoms with Crippen LogP contribution in [0.2, 0.25) is 0 Å². The molecule has 0 radical (unpaired) electrons. The lowest BCUT2D eigenvalue weighted by Crippen LogP contribution is -2.42. The third-order valence-corrected chi connectivity index (χ3v) is 5.02. The second kappa shape index (κ2) is 6.71. The summed E-state index contributed by atoms with van der Waals surface area (Å²) in [6, 6.07) is 4.13. The minimum atomic E-state index is -0.487. The number of halogens is 1. The standard InChI is InChI=1S/C18H22FN3O2/c1-12-3-6-14(7-4-12)21(2)17(23)10-22-11-20-16-8-5-13(19)9-15(16)18(22)24/h5,8-9,11-12,14H,3-4,6-7,10H2,1-2H3. The number of carbonyl (C=O) groups excluding carboxylic acids is 1. The first-order valence-electron chi connectivity index (χ1n) is 8.36. The first-order valence-corrected chi connectivity index (χ1v) is 8.36. The van der Waals surface area contributed by atoms with E-state index in [9.17, 15) is 14.0 Å². The third kappa shape index (κ3) is 3.32. The van der Waals surface area contributed by atoms with Crippen molar-refractivity contribution in [2.75, 3.05) is 7.05 Å².